The topological polar surface area (TPSA) is 44.8 Å². The summed E-state index contributed by atoms with van der Waals surface area (Å²) in [6.07, 6.45) is 13.5. The Hall–Kier alpha value is -1.39. The van der Waals surface area contributed by atoms with E-state index in [1.165, 1.54) is 24.3 Å². The number of hydrogen-bond acceptors (Lipinski definition) is 4. The Morgan fingerprint density at radius 1 is 1.00 bits per heavy atom. The Bertz CT molecular complexity index is 400. The van der Waals surface area contributed by atoms with Crippen LogP contribution in [0.5, 0.6) is 0 Å². The van der Waals surface area contributed by atoms with Crippen LogP contribution < -0.4 is 0 Å². The predicted octanol–water partition coefficient (Wildman–Crippen LogP) is 4.57. The van der Waals surface area contributed by atoms with Gasteiger partial charge in [-0.05, 0) is 52.4 Å². The highest BCUT2D eigenvalue weighted by Gasteiger charge is 2.04. The van der Waals surface area contributed by atoms with Gasteiger partial charge in [-0.25, -0.2) is 4.79 Å². The fraction of sp³-hybridized carbons (Fsp3) is 0.632. The molecule has 4 heteroatoms. The van der Waals surface area contributed by atoms with Crippen LogP contribution >= 0.6 is 0 Å². The molecule has 0 bridgehead atoms. The molecule has 0 N–H and O–H groups in total. The zero-order chi connectivity index (χ0) is 17.5. The van der Waals surface area contributed by atoms with E-state index in [0.717, 1.165) is 38.5 Å². The van der Waals surface area contributed by atoms with E-state index in [1.807, 2.05) is 6.08 Å². The lowest BCUT2D eigenvalue weighted by molar-refractivity contribution is -0.134. The summed E-state index contributed by atoms with van der Waals surface area (Å²) >= 11 is 0. The average Bonchev–Trinajstić information content (AvgIpc) is 2.55. The molecule has 0 aliphatic heterocycles. The molecule has 23 heavy (non-hydrogen) atoms. The first-order valence-corrected chi connectivity index (χ1v) is 8.16. The molecule has 132 valence electrons. The Kier molecular flexibility index (Phi) is 13.4. The summed E-state index contributed by atoms with van der Waals surface area (Å²) in [5.41, 5.74) is 2.68. The van der Waals surface area contributed by atoms with Crippen LogP contribution in [-0.2, 0) is 19.0 Å². The van der Waals surface area contributed by atoms with Crippen molar-refractivity contribution in [3.05, 3.63) is 35.5 Å². The first kappa shape index (κ1) is 21.6. The second-order valence-electron chi connectivity index (χ2n) is 5.68. The van der Waals surface area contributed by atoms with E-state index in [0.29, 0.717) is 0 Å². The average molecular weight is 324 g/mol. The monoisotopic (exact) mass is 324 g/mol. The Balaban J connectivity index is 4.31. The van der Waals surface area contributed by atoms with E-state index in [9.17, 15) is 4.79 Å². The molecule has 0 aliphatic rings. The van der Waals surface area contributed by atoms with E-state index in [-0.39, 0.29) is 12.3 Å². The van der Waals surface area contributed by atoms with Crippen molar-refractivity contribution >= 4 is 5.97 Å². The number of esters is 1. The van der Waals surface area contributed by atoms with Crippen molar-refractivity contribution in [2.75, 3.05) is 21.3 Å². The molecule has 0 rings (SSSR count). The third-order valence-corrected chi connectivity index (χ3v) is 3.45. The molecule has 0 atom stereocenters. The SMILES string of the molecule is COC(=O)/C=C/CC/C(=C\C=C(C)C)CCCCC(OC)OC. The van der Waals surface area contributed by atoms with Crippen LogP contribution in [0, 0.1) is 0 Å². The largest absolute Gasteiger partial charge is 0.466 e. The minimum absolute atomic E-state index is 0.108. The molecule has 0 aromatic heterocycles. The molecule has 0 saturated carbocycles. The van der Waals surface area contributed by atoms with Gasteiger partial charge in [-0.2, -0.15) is 0 Å². The van der Waals surface area contributed by atoms with Gasteiger partial charge in [0.25, 0.3) is 0 Å². The lowest BCUT2D eigenvalue weighted by atomic mass is 10.0. The molecule has 0 saturated heterocycles. The maximum atomic E-state index is 11.0. The molecule has 0 aliphatic carbocycles. The third kappa shape index (κ3) is 12.8. The highest BCUT2D eigenvalue weighted by atomic mass is 16.7. The molecule has 0 spiro atoms. The minimum atomic E-state index is -0.301. The summed E-state index contributed by atoms with van der Waals surface area (Å²) in [6.45, 7) is 4.18. The molecule has 0 radical (unpaired) electrons. The van der Waals surface area contributed by atoms with Crippen LogP contribution in [0.2, 0.25) is 0 Å². The molecule has 0 unspecified atom stereocenters. The van der Waals surface area contributed by atoms with Gasteiger partial charge in [0.15, 0.2) is 6.29 Å². The predicted molar refractivity (Wildman–Crippen MR) is 94.2 cm³/mol. The molecular weight excluding hydrogens is 292 g/mol. The maximum Gasteiger partial charge on any atom is 0.330 e. The van der Waals surface area contributed by atoms with Gasteiger partial charge in [-0.15, -0.1) is 0 Å². The van der Waals surface area contributed by atoms with Crippen LogP contribution in [0.3, 0.4) is 0 Å². The maximum absolute atomic E-state index is 11.0. The molecule has 0 aromatic carbocycles. The third-order valence-electron chi connectivity index (χ3n) is 3.45. The smallest absolute Gasteiger partial charge is 0.330 e. The summed E-state index contributed by atoms with van der Waals surface area (Å²) in [7, 11) is 4.73. The summed E-state index contributed by atoms with van der Waals surface area (Å²) in [5, 5.41) is 0. The number of carbonyl (C=O) groups excluding carboxylic acids is 1. The van der Waals surface area contributed by atoms with Gasteiger partial charge in [0.05, 0.1) is 7.11 Å². The summed E-state index contributed by atoms with van der Waals surface area (Å²) in [4.78, 5) is 11.0. The van der Waals surface area contributed by atoms with Crippen molar-refractivity contribution < 1.29 is 19.0 Å². The van der Waals surface area contributed by atoms with E-state index in [4.69, 9.17) is 9.47 Å². The Labute approximate surface area is 141 Å². The zero-order valence-electron chi connectivity index (χ0n) is 15.3. The Morgan fingerprint density at radius 3 is 2.26 bits per heavy atom. The number of carbonyl (C=O) groups is 1. The fourth-order valence-corrected chi connectivity index (χ4v) is 2.09. The van der Waals surface area contributed by atoms with Crippen molar-refractivity contribution in [3.8, 4) is 0 Å². The molecule has 0 fully saturated rings. The van der Waals surface area contributed by atoms with E-state index < -0.39 is 0 Å². The highest BCUT2D eigenvalue weighted by Crippen LogP contribution is 2.17. The second-order valence-corrected chi connectivity index (χ2v) is 5.68. The Morgan fingerprint density at radius 2 is 1.70 bits per heavy atom. The summed E-state index contributed by atoms with van der Waals surface area (Å²) in [6, 6.07) is 0. The second kappa shape index (κ2) is 14.2. The van der Waals surface area contributed by atoms with E-state index >= 15 is 0 Å². The molecule has 4 nitrogen and oxygen atoms in total. The van der Waals surface area contributed by atoms with Crippen molar-refractivity contribution in [2.45, 2.75) is 58.7 Å². The minimum Gasteiger partial charge on any atom is -0.466 e. The number of rotatable bonds is 12. The molecule has 0 aromatic rings. The zero-order valence-corrected chi connectivity index (χ0v) is 15.3. The van der Waals surface area contributed by atoms with Crippen LogP contribution in [0.15, 0.2) is 35.5 Å². The lowest BCUT2D eigenvalue weighted by Crippen LogP contribution is -2.12. The lowest BCUT2D eigenvalue weighted by Gasteiger charge is -2.13. The van der Waals surface area contributed by atoms with E-state index in [1.54, 1.807) is 14.2 Å². The van der Waals surface area contributed by atoms with Gasteiger partial charge < -0.3 is 14.2 Å². The highest BCUT2D eigenvalue weighted by molar-refractivity contribution is 5.81. The van der Waals surface area contributed by atoms with Gasteiger partial charge in [-0.1, -0.05) is 29.4 Å². The summed E-state index contributed by atoms with van der Waals surface area (Å²) in [5.74, 6) is -0.301. The molecule has 0 heterocycles. The first-order valence-electron chi connectivity index (χ1n) is 8.16. The number of unbranched alkanes of at least 4 members (excludes halogenated alkanes) is 1. The summed E-state index contributed by atoms with van der Waals surface area (Å²) < 4.78 is 15.0. The van der Waals surface area contributed by atoms with Crippen LogP contribution in [-0.4, -0.2) is 33.6 Å². The molecular formula is C19H32O4. The van der Waals surface area contributed by atoms with Crippen molar-refractivity contribution in [2.24, 2.45) is 0 Å². The number of allylic oxidation sites excluding steroid dienone is 5. The number of methoxy groups -OCH3 is 3. The van der Waals surface area contributed by atoms with Crippen molar-refractivity contribution in [3.63, 3.8) is 0 Å². The first-order chi connectivity index (χ1) is 11.0. The van der Waals surface area contributed by atoms with Crippen LogP contribution in [0.25, 0.3) is 0 Å². The quantitative estimate of drug-likeness (QED) is 0.173. The fourth-order valence-electron chi connectivity index (χ4n) is 2.09. The standard InChI is InChI=1S/C19H32O4/c1-16(2)14-15-17(10-6-8-12-18(20)21-3)11-7-9-13-19(22-4)23-5/h8,12,14-15,19H,6-7,9-11,13H2,1-5H3/b12-8+,17-15+. The molecule has 0 amide bonds. The van der Waals surface area contributed by atoms with Gasteiger partial charge >= 0.3 is 5.97 Å². The van der Waals surface area contributed by atoms with Crippen molar-refractivity contribution in [1.29, 1.82) is 0 Å². The number of hydrogen-bond donors (Lipinski definition) is 0. The van der Waals surface area contributed by atoms with Gasteiger partial charge in [0, 0.05) is 20.3 Å². The van der Waals surface area contributed by atoms with Crippen LogP contribution in [0.4, 0.5) is 0 Å². The van der Waals surface area contributed by atoms with Crippen molar-refractivity contribution in [1.82, 2.24) is 0 Å². The van der Waals surface area contributed by atoms with Gasteiger partial charge in [0.2, 0.25) is 0 Å². The normalized spacial score (nSPS) is 12.0. The van der Waals surface area contributed by atoms with Gasteiger partial charge in [-0.3, -0.25) is 0 Å². The van der Waals surface area contributed by atoms with Gasteiger partial charge in [0.1, 0.15) is 0 Å². The van der Waals surface area contributed by atoms with E-state index in [2.05, 4.69) is 30.7 Å². The van der Waals surface area contributed by atoms with Crippen LogP contribution in [0.1, 0.15) is 52.4 Å². The number of ether oxygens (including phenoxy) is 3.